The van der Waals surface area contributed by atoms with Crippen molar-refractivity contribution in [1.82, 2.24) is 28.2 Å². The average molecular weight is 497 g/mol. The van der Waals surface area contributed by atoms with Crippen LogP contribution < -0.4 is 5.32 Å². The molecule has 182 valence electrons. The summed E-state index contributed by atoms with van der Waals surface area (Å²) >= 11 is 1.01. The van der Waals surface area contributed by atoms with Gasteiger partial charge in [-0.1, -0.05) is 19.9 Å². The van der Waals surface area contributed by atoms with Crippen molar-refractivity contribution in [3.8, 4) is 0 Å². The molecule has 0 radical (unpaired) electrons. The number of benzene rings is 1. The van der Waals surface area contributed by atoms with Gasteiger partial charge in [0.15, 0.2) is 0 Å². The van der Waals surface area contributed by atoms with Gasteiger partial charge in [-0.05, 0) is 18.1 Å². The second kappa shape index (κ2) is 10.7. The van der Waals surface area contributed by atoms with Crippen molar-refractivity contribution in [2.75, 3.05) is 65.5 Å². The number of fused-ring (bicyclic) bond motifs is 1. The van der Waals surface area contributed by atoms with Crippen LogP contribution in [0.3, 0.4) is 0 Å². The number of rotatable bonds is 8. The van der Waals surface area contributed by atoms with Gasteiger partial charge in [-0.3, -0.25) is 14.6 Å². The van der Waals surface area contributed by atoms with Gasteiger partial charge in [0.05, 0.1) is 31.0 Å². The molecule has 33 heavy (non-hydrogen) atoms. The van der Waals surface area contributed by atoms with E-state index in [2.05, 4.69) is 32.8 Å². The molecule has 12 heteroatoms. The molecule has 2 fully saturated rings. The van der Waals surface area contributed by atoms with Crippen LogP contribution in [0.5, 0.6) is 0 Å². The third kappa shape index (κ3) is 6.06. The molecule has 4 rings (SSSR count). The highest BCUT2D eigenvalue weighted by Crippen LogP contribution is 2.25. The highest BCUT2D eigenvalue weighted by atomic mass is 32.2. The molecular formula is C21H32N6O4S2. The number of nitrogens with zero attached hydrogens (tertiary/aromatic N) is 5. The predicted octanol–water partition coefficient (Wildman–Crippen LogP) is 0.471. The second-order valence-electron chi connectivity index (χ2n) is 9.02. The van der Waals surface area contributed by atoms with Gasteiger partial charge in [0.25, 0.3) is 0 Å². The molecule has 1 aromatic carbocycles. The fourth-order valence-corrected chi connectivity index (χ4v) is 6.50. The summed E-state index contributed by atoms with van der Waals surface area (Å²) in [5, 5.41) is 2.98. The third-order valence-corrected chi connectivity index (χ3v) is 8.41. The Labute approximate surface area is 199 Å². The Bertz CT molecular complexity index is 1050. The van der Waals surface area contributed by atoms with E-state index in [0.717, 1.165) is 31.4 Å². The van der Waals surface area contributed by atoms with Gasteiger partial charge in [0.2, 0.25) is 15.9 Å². The second-order valence-corrected chi connectivity index (χ2v) is 11.5. The van der Waals surface area contributed by atoms with Crippen LogP contribution in [-0.4, -0.2) is 109 Å². The van der Waals surface area contributed by atoms with E-state index >= 15 is 0 Å². The lowest BCUT2D eigenvalue weighted by Gasteiger charge is -2.35. The fourth-order valence-electron chi connectivity index (χ4n) is 4.33. The first-order chi connectivity index (χ1) is 15.8. The number of amides is 1. The Morgan fingerprint density at radius 1 is 1.18 bits per heavy atom. The zero-order valence-electron chi connectivity index (χ0n) is 19.1. The van der Waals surface area contributed by atoms with E-state index in [-0.39, 0.29) is 23.5 Å². The van der Waals surface area contributed by atoms with Gasteiger partial charge in [0, 0.05) is 52.4 Å². The SMILES string of the molecule is CC(C)CN1CCOC(CNC(=O)CN2CCN(S(=O)(=O)c3cccc4nsnc34)CC2)C1. The largest absolute Gasteiger partial charge is 0.374 e. The average Bonchev–Trinajstić information content (AvgIpc) is 3.27. The maximum Gasteiger partial charge on any atom is 0.245 e. The summed E-state index contributed by atoms with van der Waals surface area (Å²) in [5.41, 5.74) is 1.01. The lowest BCUT2D eigenvalue weighted by atomic mass is 10.2. The van der Waals surface area contributed by atoms with Crippen LogP contribution in [-0.2, 0) is 19.6 Å². The minimum absolute atomic E-state index is 0.00588. The summed E-state index contributed by atoms with van der Waals surface area (Å²) in [4.78, 5) is 17.0. The smallest absolute Gasteiger partial charge is 0.245 e. The number of aromatic nitrogens is 2. The fraction of sp³-hybridized carbons (Fsp3) is 0.667. The number of nitrogens with one attached hydrogen (secondary N) is 1. The molecule has 3 heterocycles. The Kier molecular flexibility index (Phi) is 7.92. The lowest BCUT2D eigenvalue weighted by molar-refractivity contribution is -0.123. The molecule has 1 atom stereocenters. The Morgan fingerprint density at radius 3 is 2.73 bits per heavy atom. The van der Waals surface area contributed by atoms with Crippen molar-refractivity contribution >= 4 is 38.7 Å². The first-order valence-corrected chi connectivity index (χ1v) is 13.5. The molecule has 0 spiro atoms. The summed E-state index contributed by atoms with van der Waals surface area (Å²) in [7, 11) is -3.66. The van der Waals surface area contributed by atoms with Crippen molar-refractivity contribution < 1.29 is 17.9 Å². The normalized spacial score (nSPS) is 21.6. The first-order valence-electron chi connectivity index (χ1n) is 11.4. The van der Waals surface area contributed by atoms with Crippen LogP contribution in [0.25, 0.3) is 11.0 Å². The van der Waals surface area contributed by atoms with Crippen LogP contribution in [0.2, 0.25) is 0 Å². The van der Waals surface area contributed by atoms with E-state index in [0.29, 0.717) is 56.3 Å². The monoisotopic (exact) mass is 496 g/mol. The van der Waals surface area contributed by atoms with Gasteiger partial charge in [0.1, 0.15) is 15.9 Å². The summed E-state index contributed by atoms with van der Waals surface area (Å²) in [6.45, 7) is 10.3. The van der Waals surface area contributed by atoms with E-state index in [9.17, 15) is 13.2 Å². The number of hydrogen-bond donors (Lipinski definition) is 1. The molecule has 2 aromatic rings. The number of piperazine rings is 1. The zero-order valence-corrected chi connectivity index (χ0v) is 20.8. The molecule has 2 saturated heterocycles. The maximum absolute atomic E-state index is 13.1. The Hall–Kier alpha value is -1.70. The minimum atomic E-state index is -3.66. The lowest BCUT2D eigenvalue weighted by Crippen LogP contribution is -2.52. The van der Waals surface area contributed by atoms with Crippen molar-refractivity contribution in [2.45, 2.75) is 24.8 Å². The molecule has 2 aliphatic rings. The number of carbonyl (C=O) groups excluding carboxylic acids is 1. The van der Waals surface area contributed by atoms with Crippen LogP contribution in [0.4, 0.5) is 0 Å². The van der Waals surface area contributed by atoms with Crippen LogP contribution >= 0.6 is 11.7 Å². The van der Waals surface area contributed by atoms with Crippen LogP contribution in [0.15, 0.2) is 23.1 Å². The molecule has 0 saturated carbocycles. The summed E-state index contributed by atoms with van der Waals surface area (Å²) in [6, 6.07) is 5.03. The predicted molar refractivity (Wildman–Crippen MR) is 127 cm³/mol. The zero-order chi connectivity index (χ0) is 23.4. The quantitative estimate of drug-likeness (QED) is 0.562. The maximum atomic E-state index is 13.1. The van der Waals surface area contributed by atoms with Gasteiger partial charge >= 0.3 is 0 Å². The van der Waals surface area contributed by atoms with E-state index in [1.54, 1.807) is 18.2 Å². The summed E-state index contributed by atoms with van der Waals surface area (Å²) in [5.74, 6) is 0.543. The van der Waals surface area contributed by atoms with Crippen molar-refractivity contribution in [1.29, 1.82) is 0 Å². The summed E-state index contributed by atoms with van der Waals surface area (Å²) in [6.07, 6.45) is 0.00588. The molecule has 1 amide bonds. The van der Waals surface area contributed by atoms with Crippen molar-refractivity contribution in [3.05, 3.63) is 18.2 Å². The first kappa shape index (κ1) is 24.4. The van der Waals surface area contributed by atoms with Crippen molar-refractivity contribution in [3.63, 3.8) is 0 Å². The number of sulfonamides is 1. The minimum Gasteiger partial charge on any atom is -0.374 e. The van der Waals surface area contributed by atoms with Gasteiger partial charge in [-0.15, -0.1) is 0 Å². The van der Waals surface area contributed by atoms with Gasteiger partial charge in [-0.2, -0.15) is 13.1 Å². The molecular weight excluding hydrogens is 464 g/mol. The van der Waals surface area contributed by atoms with E-state index in [1.807, 2.05) is 4.90 Å². The number of carbonyl (C=O) groups is 1. The molecule has 0 bridgehead atoms. The van der Waals surface area contributed by atoms with E-state index in [1.165, 1.54) is 4.31 Å². The van der Waals surface area contributed by atoms with Gasteiger partial charge in [-0.25, -0.2) is 8.42 Å². The van der Waals surface area contributed by atoms with Crippen LogP contribution in [0.1, 0.15) is 13.8 Å². The standard InChI is InChI=1S/C21H32N6O4S2/c1-16(2)13-26-10-11-31-17(14-26)12-22-20(28)15-25-6-8-27(9-7-25)33(29,30)19-5-3-4-18-21(19)24-32-23-18/h3-5,16-17H,6-15H2,1-2H3,(H,22,28). The summed E-state index contributed by atoms with van der Waals surface area (Å²) < 4.78 is 41.8. The van der Waals surface area contributed by atoms with Crippen molar-refractivity contribution in [2.24, 2.45) is 5.92 Å². The number of ether oxygens (including phenoxy) is 1. The van der Waals surface area contributed by atoms with E-state index < -0.39 is 10.0 Å². The topological polar surface area (TPSA) is 108 Å². The van der Waals surface area contributed by atoms with Gasteiger partial charge < -0.3 is 10.1 Å². The highest BCUT2D eigenvalue weighted by molar-refractivity contribution is 7.89. The number of hydrogen-bond acceptors (Lipinski definition) is 9. The van der Waals surface area contributed by atoms with E-state index in [4.69, 9.17) is 4.74 Å². The molecule has 1 N–H and O–H groups in total. The molecule has 2 aliphatic heterocycles. The third-order valence-electron chi connectivity index (χ3n) is 5.94. The molecule has 0 aliphatic carbocycles. The number of morpholine rings is 1. The highest BCUT2D eigenvalue weighted by Gasteiger charge is 2.31. The van der Waals surface area contributed by atoms with Crippen LogP contribution in [0, 0.1) is 5.92 Å². The Balaban J connectivity index is 1.24. The molecule has 1 aromatic heterocycles. The molecule has 1 unspecified atom stereocenters. The Morgan fingerprint density at radius 2 is 1.97 bits per heavy atom. The molecule has 10 nitrogen and oxygen atoms in total.